The lowest BCUT2D eigenvalue weighted by Gasteiger charge is -2.31. The predicted molar refractivity (Wildman–Crippen MR) is 94.2 cm³/mol. The highest BCUT2D eigenvalue weighted by Gasteiger charge is 2.39. The Morgan fingerprint density at radius 3 is 2.12 bits per heavy atom. The van der Waals surface area contributed by atoms with E-state index in [0.29, 0.717) is 13.2 Å². The number of aliphatic hydroxyl groups is 2. The monoisotopic (exact) mass is 343 g/mol. The third-order valence-corrected chi connectivity index (χ3v) is 4.46. The Balaban J connectivity index is 1.63. The molecule has 0 aliphatic carbocycles. The molecule has 0 spiro atoms. The summed E-state index contributed by atoms with van der Waals surface area (Å²) in [6.45, 7) is 0.598. The van der Waals surface area contributed by atoms with Crippen molar-refractivity contribution in [2.45, 2.75) is 44.4 Å². The molecule has 5 heteroatoms. The van der Waals surface area contributed by atoms with E-state index in [1.807, 2.05) is 60.7 Å². The fourth-order valence-corrected chi connectivity index (χ4v) is 3.09. The maximum absolute atomic E-state index is 10.1. The van der Waals surface area contributed by atoms with Gasteiger partial charge in [0.25, 0.3) is 0 Å². The minimum atomic E-state index is -0.846. The molecule has 2 aromatic carbocycles. The first-order valence-corrected chi connectivity index (χ1v) is 8.67. The van der Waals surface area contributed by atoms with Gasteiger partial charge in [0, 0.05) is 0 Å². The summed E-state index contributed by atoms with van der Waals surface area (Å²) in [6.07, 6.45) is 0.385. The topological polar surface area (TPSA) is 62.2 Å². The zero-order valence-corrected chi connectivity index (χ0v) is 14.2. The molecule has 0 bridgehead atoms. The van der Waals surface area contributed by atoms with Crippen molar-refractivity contribution in [2.75, 3.05) is 6.61 Å². The van der Waals surface area contributed by atoms with Gasteiger partial charge in [-0.3, -0.25) is 4.84 Å². The molecule has 2 unspecified atom stereocenters. The van der Waals surface area contributed by atoms with Gasteiger partial charge in [-0.2, -0.15) is 5.06 Å². The van der Waals surface area contributed by atoms with Crippen LogP contribution in [-0.2, 0) is 22.8 Å². The number of benzene rings is 2. The summed E-state index contributed by atoms with van der Waals surface area (Å²) in [5, 5.41) is 21.1. The second-order valence-electron chi connectivity index (χ2n) is 6.26. The number of hydrogen-bond acceptors (Lipinski definition) is 5. The Morgan fingerprint density at radius 2 is 1.52 bits per heavy atom. The maximum Gasteiger partial charge on any atom is 0.134 e. The third kappa shape index (κ3) is 4.87. The van der Waals surface area contributed by atoms with E-state index in [9.17, 15) is 10.2 Å². The van der Waals surface area contributed by atoms with Crippen molar-refractivity contribution in [1.82, 2.24) is 5.06 Å². The molecule has 0 amide bonds. The molecule has 1 heterocycles. The van der Waals surface area contributed by atoms with Gasteiger partial charge in [0.1, 0.15) is 6.23 Å². The number of hydroxylamine groups is 2. The summed E-state index contributed by atoms with van der Waals surface area (Å²) in [5.74, 6) is 0. The fourth-order valence-electron chi connectivity index (χ4n) is 3.09. The molecular formula is C20H25NO4. The van der Waals surface area contributed by atoms with Crippen molar-refractivity contribution in [2.24, 2.45) is 0 Å². The molecule has 1 aliphatic heterocycles. The van der Waals surface area contributed by atoms with Gasteiger partial charge >= 0.3 is 0 Å². The molecule has 1 fully saturated rings. The maximum atomic E-state index is 10.1. The normalized spacial score (nSPS) is 22.2. The molecule has 0 radical (unpaired) electrons. The van der Waals surface area contributed by atoms with Gasteiger partial charge in [-0.05, 0) is 24.0 Å². The van der Waals surface area contributed by atoms with Crippen LogP contribution in [0.1, 0.15) is 24.0 Å². The molecule has 25 heavy (non-hydrogen) atoms. The third-order valence-electron chi connectivity index (χ3n) is 4.46. The van der Waals surface area contributed by atoms with Crippen LogP contribution >= 0.6 is 0 Å². The Hall–Kier alpha value is -1.76. The van der Waals surface area contributed by atoms with Gasteiger partial charge < -0.3 is 14.9 Å². The molecular weight excluding hydrogens is 318 g/mol. The zero-order valence-electron chi connectivity index (χ0n) is 14.2. The highest BCUT2D eigenvalue weighted by Crippen LogP contribution is 2.29. The molecule has 1 aliphatic rings. The lowest BCUT2D eigenvalue weighted by molar-refractivity contribution is -0.273. The SMILES string of the molecule is OC[C@@H](O)C1CCC(OCc2ccccc2)N1OCc1ccccc1. The van der Waals surface area contributed by atoms with Crippen LogP contribution in [0.2, 0.25) is 0 Å². The van der Waals surface area contributed by atoms with E-state index in [2.05, 4.69) is 0 Å². The van der Waals surface area contributed by atoms with E-state index < -0.39 is 6.10 Å². The summed E-state index contributed by atoms with van der Waals surface area (Å²) >= 11 is 0. The van der Waals surface area contributed by atoms with E-state index >= 15 is 0 Å². The van der Waals surface area contributed by atoms with E-state index in [4.69, 9.17) is 9.57 Å². The summed E-state index contributed by atoms with van der Waals surface area (Å²) in [5.41, 5.74) is 2.14. The second kappa shape index (κ2) is 9.08. The van der Waals surface area contributed by atoms with Gasteiger partial charge in [0.2, 0.25) is 0 Å². The van der Waals surface area contributed by atoms with Gasteiger partial charge in [-0.25, -0.2) is 0 Å². The van der Waals surface area contributed by atoms with Crippen molar-refractivity contribution in [3.05, 3.63) is 71.8 Å². The molecule has 0 aromatic heterocycles. The largest absolute Gasteiger partial charge is 0.394 e. The van der Waals surface area contributed by atoms with Crippen molar-refractivity contribution < 1.29 is 19.8 Å². The first-order chi connectivity index (χ1) is 12.3. The van der Waals surface area contributed by atoms with Crippen LogP contribution in [0, 0.1) is 0 Å². The summed E-state index contributed by atoms with van der Waals surface area (Å²) in [6, 6.07) is 19.6. The van der Waals surface area contributed by atoms with E-state index in [0.717, 1.165) is 24.0 Å². The molecule has 1 saturated heterocycles. The molecule has 5 nitrogen and oxygen atoms in total. The molecule has 3 rings (SSSR count). The van der Waals surface area contributed by atoms with Crippen LogP contribution in [0.25, 0.3) is 0 Å². The number of nitrogens with zero attached hydrogens (tertiary/aromatic N) is 1. The van der Waals surface area contributed by atoms with E-state index in [1.54, 1.807) is 5.06 Å². The average molecular weight is 343 g/mol. The minimum Gasteiger partial charge on any atom is -0.394 e. The van der Waals surface area contributed by atoms with Crippen LogP contribution in [0.4, 0.5) is 0 Å². The van der Waals surface area contributed by atoms with Gasteiger partial charge in [0.05, 0.1) is 32.0 Å². The average Bonchev–Trinajstić information content (AvgIpc) is 3.08. The van der Waals surface area contributed by atoms with Crippen LogP contribution < -0.4 is 0 Å². The lowest BCUT2D eigenvalue weighted by Crippen LogP contribution is -2.45. The zero-order chi connectivity index (χ0) is 17.5. The highest BCUT2D eigenvalue weighted by molar-refractivity contribution is 5.14. The Labute approximate surface area is 148 Å². The molecule has 2 N–H and O–H groups in total. The standard InChI is InChI=1S/C20H25NO4/c22-13-19(23)18-11-12-20(24-14-16-7-3-1-4-8-16)21(18)25-15-17-9-5-2-6-10-17/h1-10,18-20,22-23H,11-15H2/t18?,19-,20?/m1/s1. The van der Waals surface area contributed by atoms with Crippen molar-refractivity contribution in [3.63, 3.8) is 0 Å². The van der Waals surface area contributed by atoms with Crippen molar-refractivity contribution in [3.8, 4) is 0 Å². The molecule has 2 aromatic rings. The molecule has 134 valence electrons. The number of aliphatic hydroxyl groups excluding tert-OH is 2. The molecule has 0 saturated carbocycles. The van der Waals surface area contributed by atoms with Gasteiger partial charge in [-0.15, -0.1) is 0 Å². The number of hydrogen-bond donors (Lipinski definition) is 2. The minimum absolute atomic E-state index is 0.241. The second-order valence-corrected chi connectivity index (χ2v) is 6.26. The molecule has 3 atom stereocenters. The number of rotatable bonds is 8. The van der Waals surface area contributed by atoms with E-state index in [-0.39, 0.29) is 18.9 Å². The summed E-state index contributed by atoms with van der Waals surface area (Å²) < 4.78 is 6.02. The summed E-state index contributed by atoms with van der Waals surface area (Å²) in [7, 11) is 0. The highest BCUT2D eigenvalue weighted by atomic mass is 16.7. The van der Waals surface area contributed by atoms with Crippen LogP contribution in [0.15, 0.2) is 60.7 Å². The predicted octanol–water partition coefficient (Wildman–Crippen LogP) is 2.48. The fraction of sp³-hybridized carbons (Fsp3) is 0.400. The van der Waals surface area contributed by atoms with Gasteiger partial charge in [0.15, 0.2) is 0 Å². The lowest BCUT2D eigenvalue weighted by atomic mass is 10.1. The summed E-state index contributed by atoms with van der Waals surface area (Å²) in [4.78, 5) is 5.96. The van der Waals surface area contributed by atoms with Crippen LogP contribution in [0.3, 0.4) is 0 Å². The number of ether oxygens (including phenoxy) is 1. The first-order valence-electron chi connectivity index (χ1n) is 8.67. The van der Waals surface area contributed by atoms with Gasteiger partial charge in [-0.1, -0.05) is 60.7 Å². The smallest absolute Gasteiger partial charge is 0.134 e. The van der Waals surface area contributed by atoms with Crippen molar-refractivity contribution >= 4 is 0 Å². The Bertz CT molecular complexity index is 622. The van der Waals surface area contributed by atoms with Crippen LogP contribution in [-0.4, -0.2) is 40.3 Å². The Morgan fingerprint density at radius 1 is 0.920 bits per heavy atom. The Kier molecular flexibility index (Phi) is 6.55. The van der Waals surface area contributed by atoms with Crippen LogP contribution in [0.5, 0.6) is 0 Å². The van der Waals surface area contributed by atoms with Crippen molar-refractivity contribution in [1.29, 1.82) is 0 Å². The first kappa shape index (κ1) is 18.0. The van der Waals surface area contributed by atoms with E-state index in [1.165, 1.54) is 0 Å². The quantitative estimate of drug-likeness (QED) is 0.771.